The topological polar surface area (TPSA) is 35.2 Å². The third-order valence-corrected chi connectivity index (χ3v) is 3.68. The van der Waals surface area contributed by atoms with Crippen LogP contribution in [-0.4, -0.2) is 19.8 Å². The van der Waals surface area contributed by atoms with Crippen LogP contribution in [0.4, 0.5) is 0 Å². The molecule has 1 atom stereocenters. The van der Waals surface area contributed by atoms with Crippen LogP contribution < -0.4 is 5.73 Å². The second-order valence-corrected chi connectivity index (χ2v) is 5.02. The average molecular weight is 213 g/mol. The van der Waals surface area contributed by atoms with E-state index in [2.05, 4.69) is 6.92 Å². The van der Waals surface area contributed by atoms with E-state index >= 15 is 0 Å². The molecule has 2 N–H and O–H groups in total. The van der Waals surface area contributed by atoms with Crippen molar-refractivity contribution in [1.29, 1.82) is 0 Å². The van der Waals surface area contributed by atoms with Gasteiger partial charge in [0.15, 0.2) is 0 Å². The molecule has 0 aliphatic carbocycles. The molecule has 1 aliphatic heterocycles. The summed E-state index contributed by atoms with van der Waals surface area (Å²) in [5.41, 5.74) is 6.19. The number of nitrogens with two attached hydrogens (primary N) is 1. The van der Waals surface area contributed by atoms with Crippen molar-refractivity contribution in [2.24, 2.45) is 11.1 Å². The molecule has 15 heavy (non-hydrogen) atoms. The van der Waals surface area contributed by atoms with Gasteiger partial charge in [-0.15, -0.1) is 0 Å². The number of unbranched alkanes of at least 4 members (excludes halogenated alkanes) is 5. The van der Waals surface area contributed by atoms with Crippen LogP contribution in [0.15, 0.2) is 0 Å². The molecule has 0 bridgehead atoms. The van der Waals surface area contributed by atoms with Crippen molar-refractivity contribution in [3.05, 3.63) is 0 Å². The van der Waals surface area contributed by atoms with E-state index in [0.717, 1.165) is 19.8 Å². The van der Waals surface area contributed by atoms with Crippen LogP contribution in [-0.2, 0) is 4.74 Å². The first kappa shape index (κ1) is 13.0. The molecule has 1 fully saturated rings. The fourth-order valence-corrected chi connectivity index (χ4v) is 2.39. The van der Waals surface area contributed by atoms with E-state index in [0.29, 0.717) is 5.41 Å². The van der Waals surface area contributed by atoms with Gasteiger partial charge in [-0.05, 0) is 12.8 Å². The van der Waals surface area contributed by atoms with Gasteiger partial charge in [-0.3, -0.25) is 0 Å². The Kier molecular flexibility index (Phi) is 6.26. The molecule has 0 amide bonds. The highest BCUT2D eigenvalue weighted by Crippen LogP contribution is 2.33. The SMILES string of the molecule is CCCCCCCCC1(CN)CCOC1. The number of rotatable bonds is 8. The molecule has 0 radical (unpaired) electrons. The zero-order valence-corrected chi connectivity index (χ0v) is 10.3. The van der Waals surface area contributed by atoms with Gasteiger partial charge < -0.3 is 10.5 Å². The first-order valence-corrected chi connectivity index (χ1v) is 6.61. The summed E-state index contributed by atoms with van der Waals surface area (Å²) in [5.74, 6) is 0. The van der Waals surface area contributed by atoms with Crippen LogP contribution in [0, 0.1) is 5.41 Å². The maximum Gasteiger partial charge on any atom is 0.0535 e. The van der Waals surface area contributed by atoms with E-state index < -0.39 is 0 Å². The van der Waals surface area contributed by atoms with Gasteiger partial charge in [-0.2, -0.15) is 0 Å². The summed E-state index contributed by atoms with van der Waals surface area (Å²) in [6, 6.07) is 0. The van der Waals surface area contributed by atoms with Crippen molar-refractivity contribution in [3.8, 4) is 0 Å². The predicted octanol–water partition coefficient (Wildman–Crippen LogP) is 3.10. The van der Waals surface area contributed by atoms with Crippen LogP contribution in [0.2, 0.25) is 0 Å². The maximum atomic E-state index is 5.85. The molecular weight excluding hydrogens is 186 g/mol. The van der Waals surface area contributed by atoms with Crippen LogP contribution in [0.25, 0.3) is 0 Å². The first-order valence-electron chi connectivity index (χ1n) is 6.61. The standard InChI is InChI=1S/C13H27NO/c1-2-3-4-5-6-7-8-13(11-14)9-10-15-12-13/h2-12,14H2,1H3. The van der Waals surface area contributed by atoms with Crippen LogP contribution in [0.5, 0.6) is 0 Å². The molecular formula is C13H27NO. The Balaban J connectivity index is 2.02. The molecule has 1 heterocycles. The van der Waals surface area contributed by atoms with Crippen molar-refractivity contribution in [3.63, 3.8) is 0 Å². The average Bonchev–Trinajstić information content (AvgIpc) is 2.73. The lowest BCUT2D eigenvalue weighted by Crippen LogP contribution is -2.30. The van der Waals surface area contributed by atoms with E-state index in [1.165, 1.54) is 51.4 Å². The van der Waals surface area contributed by atoms with Crippen molar-refractivity contribution < 1.29 is 4.74 Å². The van der Waals surface area contributed by atoms with Gasteiger partial charge in [-0.25, -0.2) is 0 Å². The summed E-state index contributed by atoms with van der Waals surface area (Å²) in [4.78, 5) is 0. The number of ether oxygens (including phenoxy) is 1. The van der Waals surface area contributed by atoms with Crippen LogP contribution >= 0.6 is 0 Å². The molecule has 0 spiro atoms. The van der Waals surface area contributed by atoms with Crippen LogP contribution in [0.1, 0.15) is 58.3 Å². The van der Waals surface area contributed by atoms with E-state index in [-0.39, 0.29) is 0 Å². The minimum Gasteiger partial charge on any atom is -0.381 e. The molecule has 1 aliphatic rings. The van der Waals surface area contributed by atoms with E-state index in [9.17, 15) is 0 Å². The van der Waals surface area contributed by atoms with Gasteiger partial charge >= 0.3 is 0 Å². The van der Waals surface area contributed by atoms with Gasteiger partial charge in [-0.1, -0.05) is 45.4 Å². The van der Waals surface area contributed by atoms with Gasteiger partial charge in [0, 0.05) is 18.6 Å². The zero-order chi connectivity index (χ0) is 11.0. The molecule has 1 unspecified atom stereocenters. The quantitative estimate of drug-likeness (QED) is 0.629. The Labute approximate surface area is 94.6 Å². The molecule has 90 valence electrons. The Hall–Kier alpha value is -0.0800. The van der Waals surface area contributed by atoms with Crippen molar-refractivity contribution in [2.45, 2.75) is 58.3 Å². The third kappa shape index (κ3) is 4.52. The number of hydrogen-bond donors (Lipinski definition) is 1. The molecule has 0 saturated carbocycles. The second kappa shape index (κ2) is 7.24. The molecule has 2 nitrogen and oxygen atoms in total. The molecule has 0 aromatic rings. The minimum absolute atomic E-state index is 0.338. The van der Waals surface area contributed by atoms with E-state index in [4.69, 9.17) is 10.5 Å². The van der Waals surface area contributed by atoms with E-state index in [1.807, 2.05) is 0 Å². The highest BCUT2D eigenvalue weighted by molar-refractivity contribution is 4.83. The van der Waals surface area contributed by atoms with Gasteiger partial charge in [0.1, 0.15) is 0 Å². The molecule has 1 saturated heterocycles. The number of hydrogen-bond acceptors (Lipinski definition) is 2. The van der Waals surface area contributed by atoms with Crippen LogP contribution in [0.3, 0.4) is 0 Å². The fourth-order valence-electron chi connectivity index (χ4n) is 2.39. The second-order valence-electron chi connectivity index (χ2n) is 5.02. The normalized spacial score (nSPS) is 26.0. The lowest BCUT2D eigenvalue weighted by Gasteiger charge is -2.25. The summed E-state index contributed by atoms with van der Waals surface area (Å²) in [5, 5.41) is 0. The summed E-state index contributed by atoms with van der Waals surface area (Å²) in [6.45, 7) is 4.90. The largest absolute Gasteiger partial charge is 0.381 e. The fraction of sp³-hybridized carbons (Fsp3) is 1.00. The highest BCUT2D eigenvalue weighted by atomic mass is 16.5. The summed E-state index contributed by atoms with van der Waals surface area (Å²) in [7, 11) is 0. The Morgan fingerprint density at radius 3 is 2.47 bits per heavy atom. The summed E-state index contributed by atoms with van der Waals surface area (Å²) in [6.07, 6.45) is 10.7. The Morgan fingerprint density at radius 1 is 1.13 bits per heavy atom. The monoisotopic (exact) mass is 213 g/mol. The molecule has 0 aromatic heterocycles. The Bertz CT molecular complexity index is 153. The van der Waals surface area contributed by atoms with Gasteiger partial charge in [0.05, 0.1) is 6.61 Å². The lowest BCUT2D eigenvalue weighted by molar-refractivity contribution is 0.147. The lowest BCUT2D eigenvalue weighted by atomic mass is 9.82. The zero-order valence-electron chi connectivity index (χ0n) is 10.3. The minimum atomic E-state index is 0.338. The smallest absolute Gasteiger partial charge is 0.0535 e. The molecule has 1 rings (SSSR count). The maximum absolute atomic E-state index is 5.85. The molecule has 0 aromatic carbocycles. The third-order valence-electron chi connectivity index (χ3n) is 3.68. The Morgan fingerprint density at radius 2 is 1.87 bits per heavy atom. The van der Waals surface area contributed by atoms with Crippen molar-refractivity contribution in [1.82, 2.24) is 0 Å². The highest BCUT2D eigenvalue weighted by Gasteiger charge is 2.32. The summed E-state index contributed by atoms with van der Waals surface area (Å²) < 4.78 is 5.47. The molecule has 2 heteroatoms. The van der Waals surface area contributed by atoms with Crippen molar-refractivity contribution in [2.75, 3.05) is 19.8 Å². The van der Waals surface area contributed by atoms with Gasteiger partial charge in [0.2, 0.25) is 0 Å². The first-order chi connectivity index (χ1) is 7.33. The summed E-state index contributed by atoms with van der Waals surface area (Å²) >= 11 is 0. The predicted molar refractivity (Wildman–Crippen MR) is 64.9 cm³/mol. The van der Waals surface area contributed by atoms with E-state index in [1.54, 1.807) is 0 Å². The van der Waals surface area contributed by atoms with Gasteiger partial charge in [0.25, 0.3) is 0 Å². The van der Waals surface area contributed by atoms with Crippen molar-refractivity contribution >= 4 is 0 Å².